The van der Waals surface area contributed by atoms with Crippen LogP contribution in [0, 0.1) is 0 Å². The number of benzene rings is 7. The number of furan rings is 2. The zero-order chi connectivity index (χ0) is 31.6. The first-order valence-corrected chi connectivity index (χ1v) is 15.9. The highest BCUT2D eigenvalue weighted by Gasteiger charge is 2.21. The van der Waals surface area contributed by atoms with E-state index in [1.54, 1.807) is 0 Å². The zero-order valence-electron chi connectivity index (χ0n) is 25.6. The van der Waals surface area contributed by atoms with E-state index in [1.807, 2.05) is 78.9 Å². The normalized spacial score (nSPS) is 11.8. The summed E-state index contributed by atoms with van der Waals surface area (Å²) in [5, 5.41) is 6.09. The Hall–Kier alpha value is -6.59. The second-order valence-corrected chi connectivity index (χ2v) is 12.0. The predicted molar refractivity (Wildman–Crippen MR) is 194 cm³/mol. The molecule has 10 rings (SSSR count). The van der Waals surface area contributed by atoms with E-state index in [-0.39, 0.29) is 0 Å². The van der Waals surface area contributed by atoms with Gasteiger partial charge in [-0.3, -0.25) is 0 Å². The highest BCUT2D eigenvalue weighted by Crippen LogP contribution is 2.41. The van der Waals surface area contributed by atoms with Crippen LogP contribution in [0.3, 0.4) is 0 Å². The molecule has 0 saturated heterocycles. The molecular weight excluding hydrogens is 590 g/mol. The van der Waals surface area contributed by atoms with E-state index in [1.165, 1.54) is 0 Å². The Morgan fingerprint density at radius 3 is 1.79 bits per heavy atom. The standard InChI is InChI=1S/C43H25N3O2/c1-3-12-26(13-4-1)28-22-23-30-34-25-35(29-16-7-8-17-31(29)40(34)48-38(30)24-28)43-45-41(27-14-5-2-6-15-27)44-42(46-43)33-19-11-21-37-39(33)32-18-9-10-20-36(32)47-37/h1-25H. The second kappa shape index (κ2) is 10.5. The summed E-state index contributed by atoms with van der Waals surface area (Å²) in [6.07, 6.45) is 0. The molecule has 0 spiro atoms. The summed E-state index contributed by atoms with van der Waals surface area (Å²) in [6.45, 7) is 0. The van der Waals surface area contributed by atoms with Gasteiger partial charge in [-0.1, -0.05) is 121 Å². The van der Waals surface area contributed by atoms with Crippen molar-refractivity contribution in [3.63, 3.8) is 0 Å². The van der Waals surface area contributed by atoms with Crippen molar-refractivity contribution >= 4 is 54.6 Å². The van der Waals surface area contributed by atoms with Gasteiger partial charge < -0.3 is 8.83 Å². The molecule has 48 heavy (non-hydrogen) atoms. The largest absolute Gasteiger partial charge is 0.456 e. The minimum absolute atomic E-state index is 0.588. The van der Waals surface area contributed by atoms with E-state index in [0.29, 0.717) is 17.5 Å². The number of hydrogen-bond donors (Lipinski definition) is 0. The Balaban J connectivity index is 1.25. The molecule has 5 nitrogen and oxygen atoms in total. The number of aromatic nitrogens is 3. The van der Waals surface area contributed by atoms with Crippen molar-refractivity contribution in [3.05, 3.63) is 152 Å². The van der Waals surface area contributed by atoms with E-state index in [0.717, 1.165) is 82.5 Å². The maximum atomic E-state index is 6.62. The van der Waals surface area contributed by atoms with Crippen molar-refractivity contribution in [2.45, 2.75) is 0 Å². The number of nitrogens with zero attached hydrogens (tertiary/aromatic N) is 3. The summed E-state index contributed by atoms with van der Waals surface area (Å²) in [7, 11) is 0. The van der Waals surface area contributed by atoms with Gasteiger partial charge in [-0.25, -0.2) is 15.0 Å². The minimum atomic E-state index is 0.588. The van der Waals surface area contributed by atoms with E-state index in [2.05, 4.69) is 72.8 Å². The van der Waals surface area contributed by atoms with Crippen LogP contribution in [0.4, 0.5) is 0 Å². The molecule has 0 amide bonds. The first-order valence-electron chi connectivity index (χ1n) is 15.9. The summed E-state index contributed by atoms with van der Waals surface area (Å²) in [5.74, 6) is 1.79. The number of fused-ring (bicyclic) bond motifs is 8. The molecule has 0 N–H and O–H groups in total. The van der Waals surface area contributed by atoms with Crippen LogP contribution in [0.25, 0.3) is 99.9 Å². The molecule has 0 aliphatic carbocycles. The van der Waals surface area contributed by atoms with Crippen LogP contribution in [-0.2, 0) is 0 Å². The van der Waals surface area contributed by atoms with Crippen molar-refractivity contribution in [2.75, 3.05) is 0 Å². The van der Waals surface area contributed by atoms with Crippen LogP contribution in [0.2, 0.25) is 0 Å². The van der Waals surface area contributed by atoms with Crippen molar-refractivity contribution in [1.82, 2.24) is 15.0 Å². The summed E-state index contributed by atoms with van der Waals surface area (Å²) in [6, 6.07) is 51.5. The number of para-hydroxylation sites is 1. The molecule has 0 radical (unpaired) electrons. The fourth-order valence-corrected chi connectivity index (χ4v) is 6.89. The molecule has 0 atom stereocenters. The quantitative estimate of drug-likeness (QED) is 0.197. The van der Waals surface area contributed by atoms with E-state index < -0.39 is 0 Å². The van der Waals surface area contributed by atoms with E-state index in [9.17, 15) is 0 Å². The fraction of sp³-hybridized carbons (Fsp3) is 0. The fourth-order valence-electron chi connectivity index (χ4n) is 6.89. The van der Waals surface area contributed by atoms with Gasteiger partial charge in [0.2, 0.25) is 0 Å². The molecule has 3 aromatic heterocycles. The Morgan fingerprint density at radius 1 is 0.333 bits per heavy atom. The van der Waals surface area contributed by atoms with Gasteiger partial charge in [0.25, 0.3) is 0 Å². The van der Waals surface area contributed by atoms with E-state index in [4.69, 9.17) is 23.8 Å². The highest BCUT2D eigenvalue weighted by atomic mass is 16.3. The summed E-state index contributed by atoms with van der Waals surface area (Å²) in [4.78, 5) is 15.4. The molecule has 0 unspecified atom stereocenters. The molecule has 7 aromatic carbocycles. The van der Waals surface area contributed by atoms with Crippen molar-refractivity contribution in [3.8, 4) is 45.3 Å². The Kier molecular flexibility index (Phi) is 5.81. The summed E-state index contributed by atoms with van der Waals surface area (Å²) >= 11 is 0. The number of rotatable bonds is 4. The minimum Gasteiger partial charge on any atom is -0.456 e. The predicted octanol–water partition coefficient (Wildman–Crippen LogP) is 11.5. The van der Waals surface area contributed by atoms with Gasteiger partial charge in [0.15, 0.2) is 17.5 Å². The summed E-state index contributed by atoms with van der Waals surface area (Å²) in [5.41, 5.74) is 8.30. The SMILES string of the molecule is c1ccc(-c2ccc3c(c2)oc2c4ccccc4c(-c4nc(-c5ccccc5)nc(-c5cccc6oc7ccccc7c56)n4)cc32)cc1. The Labute approximate surface area is 274 Å². The third-order valence-electron chi connectivity index (χ3n) is 9.14. The van der Waals surface area contributed by atoms with Crippen LogP contribution in [0.5, 0.6) is 0 Å². The molecule has 3 heterocycles. The maximum absolute atomic E-state index is 6.62. The average molecular weight is 616 g/mol. The van der Waals surface area contributed by atoms with Crippen LogP contribution < -0.4 is 0 Å². The molecule has 0 bridgehead atoms. The molecular formula is C43H25N3O2. The summed E-state index contributed by atoms with van der Waals surface area (Å²) < 4.78 is 12.9. The first kappa shape index (κ1) is 26.6. The van der Waals surface area contributed by atoms with Gasteiger partial charge in [-0.15, -0.1) is 0 Å². The lowest BCUT2D eigenvalue weighted by Crippen LogP contribution is -2.01. The highest BCUT2D eigenvalue weighted by molar-refractivity contribution is 6.19. The van der Waals surface area contributed by atoms with Gasteiger partial charge in [0, 0.05) is 43.6 Å². The maximum Gasteiger partial charge on any atom is 0.164 e. The molecule has 0 aliphatic heterocycles. The second-order valence-electron chi connectivity index (χ2n) is 12.0. The average Bonchev–Trinajstić information content (AvgIpc) is 3.73. The third kappa shape index (κ3) is 4.15. The molecule has 0 aliphatic rings. The molecule has 0 saturated carbocycles. The lowest BCUT2D eigenvalue weighted by atomic mass is 9.98. The van der Waals surface area contributed by atoms with E-state index >= 15 is 0 Å². The van der Waals surface area contributed by atoms with Gasteiger partial charge in [-0.2, -0.15) is 0 Å². The molecule has 0 fully saturated rings. The molecule has 10 aromatic rings. The van der Waals surface area contributed by atoms with Gasteiger partial charge >= 0.3 is 0 Å². The molecule has 5 heteroatoms. The first-order chi connectivity index (χ1) is 23.8. The van der Waals surface area contributed by atoms with Crippen LogP contribution in [0.15, 0.2) is 160 Å². The van der Waals surface area contributed by atoms with Crippen LogP contribution in [0.1, 0.15) is 0 Å². The monoisotopic (exact) mass is 615 g/mol. The number of hydrogen-bond acceptors (Lipinski definition) is 5. The Morgan fingerprint density at radius 2 is 0.979 bits per heavy atom. The lowest BCUT2D eigenvalue weighted by molar-refractivity contribution is 0.669. The smallest absolute Gasteiger partial charge is 0.164 e. The zero-order valence-corrected chi connectivity index (χ0v) is 25.6. The topological polar surface area (TPSA) is 65.0 Å². The molecule has 224 valence electrons. The van der Waals surface area contributed by atoms with Gasteiger partial charge in [0.05, 0.1) is 0 Å². The van der Waals surface area contributed by atoms with Crippen LogP contribution >= 0.6 is 0 Å². The van der Waals surface area contributed by atoms with Crippen molar-refractivity contribution < 1.29 is 8.83 Å². The van der Waals surface area contributed by atoms with Gasteiger partial charge in [0.1, 0.15) is 22.3 Å². The van der Waals surface area contributed by atoms with Gasteiger partial charge in [-0.05, 0) is 46.8 Å². The van der Waals surface area contributed by atoms with Crippen molar-refractivity contribution in [1.29, 1.82) is 0 Å². The third-order valence-corrected chi connectivity index (χ3v) is 9.14. The van der Waals surface area contributed by atoms with Crippen LogP contribution in [-0.4, -0.2) is 15.0 Å². The Bertz CT molecular complexity index is 2840. The van der Waals surface area contributed by atoms with Crippen molar-refractivity contribution in [2.24, 2.45) is 0 Å². The lowest BCUT2D eigenvalue weighted by Gasteiger charge is -2.11.